The van der Waals surface area contributed by atoms with Gasteiger partial charge in [-0.25, -0.2) is 0 Å². The van der Waals surface area contributed by atoms with Gasteiger partial charge in [0.2, 0.25) is 5.91 Å². The quantitative estimate of drug-likeness (QED) is 0.745. The predicted molar refractivity (Wildman–Crippen MR) is 97.2 cm³/mol. The number of hydrogen-bond acceptors (Lipinski definition) is 6. The average molecular weight is 375 g/mol. The SMILES string of the molecule is O=C(CN1CCOCC1)N1CCN(C(=O)c2ccc3c(c2)OCCO3)CC1. The highest BCUT2D eigenvalue weighted by Crippen LogP contribution is 2.31. The van der Waals surface area contributed by atoms with E-state index in [0.717, 1.165) is 13.1 Å². The van der Waals surface area contributed by atoms with Gasteiger partial charge in [-0.05, 0) is 18.2 Å². The minimum Gasteiger partial charge on any atom is -0.486 e. The third kappa shape index (κ3) is 4.17. The molecule has 2 saturated heterocycles. The number of ether oxygens (including phenoxy) is 3. The van der Waals surface area contributed by atoms with E-state index in [1.54, 1.807) is 23.1 Å². The molecule has 1 aromatic rings. The molecule has 3 aliphatic heterocycles. The Balaban J connectivity index is 1.30. The summed E-state index contributed by atoms with van der Waals surface area (Å²) in [6.45, 7) is 6.65. The summed E-state index contributed by atoms with van der Waals surface area (Å²) in [5.41, 5.74) is 0.590. The van der Waals surface area contributed by atoms with Crippen molar-refractivity contribution in [1.82, 2.24) is 14.7 Å². The molecule has 1 aromatic carbocycles. The van der Waals surface area contributed by atoms with E-state index in [2.05, 4.69) is 4.90 Å². The molecule has 0 atom stereocenters. The zero-order valence-electron chi connectivity index (χ0n) is 15.4. The van der Waals surface area contributed by atoms with Crippen molar-refractivity contribution in [1.29, 1.82) is 0 Å². The van der Waals surface area contributed by atoms with Crippen LogP contribution in [0.3, 0.4) is 0 Å². The zero-order valence-corrected chi connectivity index (χ0v) is 15.4. The summed E-state index contributed by atoms with van der Waals surface area (Å²) >= 11 is 0. The van der Waals surface area contributed by atoms with Crippen LogP contribution >= 0.6 is 0 Å². The molecule has 0 bridgehead atoms. The van der Waals surface area contributed by atoms with Crippen LogP contribution in [0.2, 0.25) is 0 Å². The van der Waals surface area contributed by atoms with Gasteiger partial charge < -0.3 is 24.0 Å². The minimum absolute atomic E-state index is 0.0350. The first kappa shape index (κ1) is 18.1. The number of rotatable bonds is 3. The van der Waals surface area contributed by atoms with Gasteiger partial charge in [0.05, 0.1) is 19.8 Å². The molecule has 2 fully saturated rings. The van der Waals surface area contributed by atoms with E-state index >= 15 is 0 Å². The lowest BCUT2D eigenvalue weighted by molar-refractivity contribution is -0.134. The van der Waals surface area contributed by atoms with Crippen LogP contribution in [0.5, 0.6) is 11.5 Å². The Morgan fingerprint density at radius 3 is 2.22 bits per heavy atom. The van der Waals surface area contributed by atoms with Gasteiger partial charge in [0.15, 0.2) is 11.5 Å². The lowest BCUT2D eigenvalue weighted by Gasteiger charge is -2.36. The van der Waals surface area contributed by atoms with Crippen LogP contribution in [0.25, 0.3) is 0 Å². The molecular weight excluding hydrogens is 350 g/mol. The number of amides is 2. The normalized spacial score (nSPS) is 20.4. The molecule has 0 aliphatic carbocycles. The Morgan fingerprint density at radius 2 is 1.48 bits per heavy atom. The molecule has 146 valence electrons. The maximum Gasteiger partial charge on any atom is 0.254 e. The predicted octanol–water partition coefficient (Wildman–Crippen LogP) is 0.0744. The second-order valence-corrected chi connectivity index (χ2v) is 6.92. The Hall–Kier alpha value is -2.32. The van der Waals surface area contributed by atoms with Crippen molar-refractivity contribution in [2.75, 3.05) is 72.2 Å². The van der Waals surface area contributed by atoms with Gasteiger partial charge in [-0.3, -0.25) is 14.5 Å². The summed E-state index contributed by atoms with van der Waals surface area (Å²) in [5.74, 6) is 1.39. The third-order valence-electron chi connectivity index (χ3n) is 5.17. The molecule has 0 radical (unpaired) electrons. The molecule has 2 amide bonds. The Bertz CT molecular complexity index is 697. The smallest absolute Gasteiger partial charge is 0.254 e. The van der Waals surface area contributed by atoms with Crippen LogP contribution in [0.15, 0.2) is 18.2 Å². The number of benzene rings is 1. The number of morpholine rings is 1. The highest BCUT2D eigenvalue weighted by Gasteiger charge is 2.27. The third-order valence-corrected chi connectivity index (χ3v) is 5.17. The summed E-state index contributed by atoms with van der Waals surface area (Å²) in [4.78, 5) is 31.0. The number of piperazine rings is 1. The first-order valence-corrected chi connectivity index (χ1v) is 9.47. The molecule has 0 spiro atoms. The first-order valence-electron chi connectivity index (χ1n) is 9.47. The van der Waals surface area contributed by atoms with E-state index < -0.39 is 0 Å². The van der Waals surface area contributed by atoms with Gasteiger partial charge in [0, 0.05) is 44.8 Å². The van der Waals surface area contributed by atoms with Crippen LogP contribution < -0.4 is 9.47 Å². The van der Waals surface area contributed by atoms with Crippen molar-refractivity contribution < 1.29 is 23.8 Å². The molecule has 27 heavy (non-hydrogen) atoms. The fourth-order valence-corrected chi connectivity index (χ4v) is 3.57. The van der Waals surface area contributed by atoms with E-state index in [-0.39, 0.29) is 11.8 Å². The van der Waals surface area contributed by atoms with Gasteiger partial charge in [0.1, 0.15) is 13.2 Å². The van der Waals surface area contributed by atoms with Crippen molar-refractivity contribution in [2.24, 2.45) is 0 Å². The van der Waals surface area contributed by atoms with Gasteiger partial charge in [0.25, 0.3) is 5.91 Å². The maximum absolute atomic E-state index is 12.8. The summed E-state index contributed by atoms with van der Waals surface area (Å²) < 4.78 is 16.4. The fraction of sp³-hybridized carbons (Fsp3) is 0.579. The Morgan fingerprint density at radius 1 is 0.815 bits per heavy atom. The Kier molecular flexibility index (Phi) is 5.45. The van der Waals surface area contributed by atoms with Crippen molar-refractivity contribution in [3.63, 3.8) is 0 Å². The highest BCUT2D eigenvalue weighted by molar-refractivity contribution is 5.95. The van der Waals surface area contributed by atoms with E-state index in [1.807, 2.05) is 4.90 Å². The molecule has 4 rings (SSSR count). The van der Waals surface area contributed by atoms with Crippen LogP contribution in [0.1, 0.15) is 10.4 Å². The minimum atomic E-state index is -0.0350. The zero-order chi connectivity index (χ0) is 18.6. The topological polar surface area (TPSA) is 71.6 Å². The van der Waals surface area contributed by atoms with Crippen molar-refractivity contribution >= 4 is 11.8 Å². The number of fused-ring (bicyclic) bond motifs is 1. The van der Waals surface area contributed by atoms with Crippen LogP contribution in [0.4, 0.5) is 0 Å². The molecule has 0 N–H and O–H groups in total. The number of hydrogen-bond donors (Lipinski definition) is 0. The van der Waals surface area contributed by atoms with Gasteiger partial charge in [-0.15, -0.1) is 0 Å². The number of carbonyl (C=O) groups excluding carboxylic acids is 2. The molecule has 8 heteroatoms. The first-order chi connectivity index (χ1) is 13.2. The van der Waals surface area contributed by atoms with E-state index in [1.165, 1.54) is 0 Å². The molecule has 8 nitrogen and oxygen atoms in total. The summed E-state index contributed by atoms with van der Waals surface area (Å²) in [6, 6.07) is 5.29. The average Bonchev–Trinajstić information content (AvgIpc) is 2.73. The fourth-order valence-electron chi connectivity index (χ4n) is 3.57. The monoisotopic (exact) mass is 375 g/mol. The number of carbonyl (C=O) groups is 2. The molecule has 3 heterocycles. The molecule has 3 aliphatic rings. The van der Waals surface area contributed by atoms with Crippen molar-refractivity contribution in [3.05, 3.63) is 23.8 Å². The highest BCUT2D eigenvalue weighted by atomic mass is 16.6. The Labute approximate surface area is 158 Å². The van der Waals surface area contributed by atoms with Crippen LogP contribution in [-0.4, -0.2) is 98.8 Å². The second kappa shape index (κ2) is 8.14. The van der Waals surface area contributed by atoms with Gasteiger partial charge in [-0.1, -0.05) is 0 Å². The molecular formula is C19H25N3O5. The van der Waals surface area contributed by atoms with E-state index in [0.29, 0.717) is 76.2 Å². The van der Waals surface area contributed by atoms with Crippen molar-refractivity contribution in [3.8, 4) is 11.5 Å². The number of nitrogens with zero attached hydrogens (tertiary/aromatic N) is 3. The molecule has 0 unspecified atom stereocenters. The maximum atomic E-state index is 12.8. The summed E-state index contributed by atoms with van der Waals surface area (Å²) in [5, 5.41) is 0. The standard InChI is InChI=1S/C19H25N3O5/c23-18(14-20-7-9-25-10-8-20)21-3-5-22(6-4-21)19(24)15-1-2-16-17(13-15)27-12-11-26-16/h1-2,13H,3-12,14H2. The van der Waals surface area contributed by atoms with E-state index in [4.69, 9.17) is 14.2 Å². The van der Waals surface area contributed by atoms with Crippen molar-refractivity contribution in [2.45, 2.75) is 0 Å². The largest absolute Gasteiger partial charge is 0.486 e. The molecule has 0 saturated carbocycles. The van der Waals surface area contributed by atoms with Crippen LogP contribution in [-0.2, 0) is 9.53 Å². The summed E-state index contributed by atoms with van der Waals surface area (Å²) in [6.07, 6.45) is 0. The van der Waals surface area contributed by atoms with Crippen LogP contribution in [0, 0.1) is 0 Å². The summed E-state index contributed by atoms with van der Waals surface area (Å²) in [7, 11) is 0. The lowest BCUT2D eigenvalue weighted by Crippen LogP contribution is -2.53. The van der Waals surface area contributed by atoms with Gasteiger partial charge in [-0.2, -0.15) is 0 Å². The van der Waals surface area contributed by atoms with E-state index in [9.17, 15) is 9.59 Å². The lowest BCUT2D eigenvalue weighted by atomic mass is 10.1. The molecule has 0 aromatic heterocycles. The second-order valence-electron chi connectivity index (χ2n) is 6.92. The van der Waals surface area contributed by atoms with Gasteiger partial charge >= 0.3 is 0 Å².